The fraction of sp³-hybridized carbons (Fsp3) is 0.632. The van der Waals surface area contributed by atoms with Crippen molar-refractivity contribution in [3.63, 3.8) is 0 Å². The lowest BCUT2D eigenvalue weighted by molar-refractivity contribution is -0.127. The molecule has 1 aromatic rings. The molecule has 0 bridgehead atoms. The van der Waals surface area contributed by atoms with Crippen LogP contribution in [-0.4, -0.2) is 35.7 Å². The predicted octanol–water partition coefficient (Wildman–Crippen LogP) is 3.22. The van der Waals surface area contributed by atoms with Crippen LogP contribution >= 0.6 is 0 Å². The Labute approximate surface area is 142 Å². The summed E-state index contributed by atoms with van der Waals surface area (Å²) in [7, 11) is 0. The number of cyclic esters (lactones) is 1. The van der Waals surface area contributed by atoms with Gasteiger partial charge < -0.3 is 19.3 Å². The van der Waals surface area contributed by atoms with E-state index in [1.54, 1.807) is 13.8 Å². The number of hydrogen-bond donors (Lipinski definition) is 1. The monoisotopic (exact) mass is 334 g/mol. The largest absolute Gasteiger partial charge is 0.452 e. The van der Waals surface area contributed by atoms with Crippen LogP contribution in [0.5, 0.6) is 5.75 Å². The van der Waals surface area contributed by atoms with Crippen molar-refractivity contribution in [2.75, 3.05) is 6.61 Å². The van der Waals surface area contributed by atoms with Gasteiger partial charge in [-0.25, -0.2) is 4.79 Å². The number of fused-ring (bicyclic) bond motifs is 1. The molecular weight excluding hydrogens is 308 g/mol. The minimum Gasteiger partial charge on any atom is -0.452 e. The van der Waals surface area contributed by atoms with Gasteiger partial charge in [0.15, 0.2) is 0 Å². The Morgan fingerprint density at radius 3 is 2.79 bits per heavy atom. The van der Waals surface area contributed by atoms with Gasteiger partial charge in [0.25, 0.3) is 0 Å². The number of aliphatic hydroxyl groups is 1. The van der Waals surface area contributed by atoms with Gasteiger partial charge in [-0.1, -0.05) is 12.1 Å². The summed E-state index contributed by atoms with van der Waals surface area (Å²) in [5.41, 5.74) is 1.51. The maximum Gasteiger partial charge on any atom is 0.345 e. The molecular formula is C19H26O5. The van der Waals surface area contributed by atoms with Gasteiger partial charge in [-0.05, 0) is 50.2 Å². The van der Waals surface area contributed by atoms with E-state index in [-0.39, 0.29) is 24.8 Å². The van der Waals surface area contributed by atoms with Crippen molar-refractivity contribution in [3.8, 4) is 5.75 Å². The third kappa shape index (κ3) is 3.90. The lowest BCUT2D eigenvalue weighted by Gasteiger charge is -2.32. The van der Waals surface area contributed by atoms with Gasteiger partial charge in [0.2, 0.25) is 5.79 Å². The number of carbonyl (C=O) groups excluding carboxylic acids is 1. The third-order valence-electron chi connectivity index (χ3n) is 4.62. The molecule has 1 fully saturated rings. The summed E-state index contributed by atoms with van der Waals surface area (Å²) in [6, 6.07) is 5.69. The molecule has 132 valence electrons. The number of carbonyl (C=O) groups is 1. The van der Waals surface area contributed by atoms with Crippen LogP contribution in [-0.2, 0) is 15.9 Å². The molecule has 0 radical (unpaired) electrons. The van der Waals surface area contributed by atoms with Crippen LogP contribution in [0.2, 0.25) is 0 Å². The van der Waals surface area contributed by atoms with E-state index >= 15 is 0 Å². The highest BCUT2D eigenvalue weighted by Gasteiger charge is 2.35. The van der Waals surface area contributed by atoms with Crippen molar-refractivity contribution in [3.05, 3.63) is 29.3 Å². The second kappa shape index (κ2) is 7.11. The molecule has 5 nitrogen and oxygen atoms in total. The number of rotatable bonds is 5. The molecule has 2 heterocycles. The van der Waals surface area contributed by atoms with E-state index in [1.165, 1.54) is 0 Å². The molecule has 3 rings (SSSR count). The molecule has 1 N–H and O–H groups in total. The SMILES string of the molecule is CC1(C)OC(=O)c2c(CCC[C@H]3CCC[C@@H](CO)O3)cccc2O1. The summed E-state index contributed by atoms with van der Waals surface area (Å²) < 4.78 is 17.0. The maximum atomic E-state index is 12.3. The van der Waals surface area contributed by atoms with E-state index in [1.807, 2.05) is 18.2 Å². The number of aryl methyl sites for hydroxylation is 1. The molecule has 1 saturated heterocycles. The normalized spacial score (nSPS) is 25.5. The first kappa shape index (κ1) is 17.2. The Balaban J connectivity index is 1.61. The summed E-state index contributed by atoms with van der Waals surface area (Å²) >= 11 is 0. The summed E-state index contributed by atoms with van der Waals surface area (Å²) in [5, 5.41) is 9.23. The Kier molecular flexibility index (Phi) is 5.11. The molecule has 1 aromatic carbocycles. The van der Waals surface area contributed by atoms with Crippen molar-refractivity contribution < 1.29 is 24.1 Å². The van der Waals surface area contributed by atoms with Crippen molar-refractivity contribution in [2.45, 2.75) is 70.4 Å². The van der Waals surface area contributed by atoms with E-state index in [0.717, 1.165) is 44.1 Å². The molecule has 0 saturated carbocycles. The van der Waals surface area contributed by atoms with Gasteiger partial charge in [0, 0.05) is 13.8 Å². The average molecular weight is 334 g/mol. The van der Waals surface area contributed by atoms with Crippen LogP contribution in [0.3, 0.4) is 0 Å². The molecule has 0 aliphatic carbocycles. The standard InChI is InChI=1S/C19H26O5/c1-19(2)23-16-11-4-7-13(17(16)18(21)24-19)6-3-8-14-9-5-10-15(12-20)22-14/h4,7,11,14-15,20H,3,5-6,8-10,12H2,1-2H3/t14-,15-/m0/s1. The van der Waals surface area contributed by atoms with Crippen LogP contribution in [0.1, 0.15) is 61.9 Å². The summed E-state index contributed by atoms with van der Waals surface area (Å²) in [4.78, 5) is 12.3. The zero-order valence-corrected chi connectivity index (χ0v) is 14.4. The van der Waals surface area contributed by atoms with Crippen molar-refractivity contribution >= 4 is 5.97 Å². The highest BCUT2D eigenvalue weighted by atomic mass is 16.7. The van der Waals surface area contributed by atoms with E-state index < -0.39 is 5.79 Å². The minimum atomic E-state index is -0.919. The molecule has 2 aliphatic rings. The highest BCUT2D eigenvalue weighted by Crippen LogP contribution is 2.34. The lowest BCUT2D eigenvalue weighted by Crippen LogP contribution is -2.39. The summed E-state index contributed by atoms with van der Waals surface area (Å²) in [5.74, 6) is -0.632. The van der Waals surface area contributed by atoms with E-state index in [9.17, 15) is 9.90 Å². The molecule has 24 heavy (non-hydrogen) atoms. The molecule has 0 aromatic heterocycles. The Morgan fingerprint density at radius 1 is 1.21 bits per heavy atom. The van der Waals surface area contributed by atoms with Crippen LogP contribution < -0.4 is 4.74 Å². The van der Waals surface area contributed by atoms with Gasteiger partial charge in [0.1, 0.15) is 11.3 Å². The van der Waals surface area contributed by atoms with Crippen LogP contribution in [0.4, 0.5) is 0 Å². The van der Waals surface area contributed by atoms with Crippen LogP contribution in [0.25, 0.3) is 0 Å². The van der Waals surface area contributed by atoms with Gasteiger partial charge >= 0.3 is 5.97 Å². The zero-order chi connectivity index (χ0) is 17.2. The predicted molar refractivity (Wildman–Crippen MR) is 89.1 cm³/mol. The third-order valence-corrected chi connectivity index (χ3v) is 4.62. The second-order valence-electron chi connectivity index (χ2n) is 7.07. The lowest BCUT2D eigenvalue weighted by atomic mass is 9.96. The molecule has 0 spiro atoms. The van der Waals surface area contributed by atoms with Crippen molar-refractivity contribution in [1.82, 2.24) is 0 Å². The van der Waals surface area contributed by atoms with Gasteiger partial charge in [0.05, 0.1) is 18.8 Å². The zero-order valence-electron chi connectivity index (χ0n) is 14.4. The van der Waals surface area contributed by atoms with Gasteiger partial charge in [-0.15, -0.1) is 0 Å². The Bertz CT molecular complexity index is 595. The van der Waals surface area contributed by atoms with E-state index in [0.29, 0.717) is 11.3 Å². The number of aliphatic hydroxyl groups excluding tert-OH is 1. The molecule has 0 amide bonds. The first-order valence-electron chi connectivity index (χ1n) is 8.79. The average Bonchev–Trinajstić information content (AvgIpc) is 2.53. The van der Waals surface area contributed by atoms with E-state index in [4.69, 9.17) is 14.2 Å². The second-order valence-corrected chi connectivity index (χ2v) is 7.07. The van der Waals surface area contributed by atoms with E-state index in [2.05, 4.69) is 0 Å². The van der Waals surface area contributed by atoms with Crippen molar-refractivity contribution in [1.29, 1.82) is 0 Å². The minimum absolute atomic E-state index is 0.0150. The summed E-state index contributed by atoms with van der Waals surface area (Å²) in [6.45, 7) is 3.57. The molecule has 5 heteroatoms. The van der Waals surface area contributed by atoms with Gasteiger partial charge in [-0.2, -0.15) is 0 Å². The van der Waals surface area contributed by atoms with Gasteiger partial charge in [-0.3, -0.25) is 0 Å². The molecule has 2 atom stereocenters. The van der Waals surface area contributed by atoms with Crippen LogP contribution in [0.15, 0.2) is 18.2 Å². The molecule has 2 aliphatic heterocycles. The molecule has 0 unspecified atom stereocenters. The number of hydrogen-bond acceptors (Lipinski definition) is 5. The summed E-state index contributed by atoms with van der Waals surface area (Å²) in [6.07, 6.45) is 5.92. The maximum absolute atomic E-state index is 12.3. The van der Waals surface area contributed by atoms with Crippen LogP contribution in [0, 0.1) is 0 Å². The number of benzene rings is 1. The smallest absolute Gasteiger partial charge is 0.345 e. The first-order chi connectivity index (χ1) is 11.5. The quantitative estimate of drug-likeness (QED) is 0.838. The topological polar surface area (TPSA) is 65.0 Å². The number of ether oxygens (including phenoxy) is 3. The fourth-order valence-electron chi connectivity index (χ4n) is 3.51. The highest BCUT2D eigenvalue weighted by molar-refractivity contribution is 5.95. The Hall–Kier alpha value is -1.59. The fourth-order valence-corrected chi connectivity index (χ4v) is 3.51. The number of esters is 1. The Morgan fingerprint density at radius 2 is 2.00 bits per heavy atom. The first-order valence-corrected chi connectivity index (χ1v) is 8.79. The van der Waals surface area contributed by atoms with Crippen molar-refractivity contribution in [2.24, 2.45) is 0 Å².